The normalized spacial score (nSPS) is 22.5. The molecule has 0 amide bonds. The van der Waals surface area contributed by atoms with Crippen molar-refractivity contribution in [2.24, 2.45) is 5.92 Å². The largest absolute Gasteiger partial charge is 0.396 e. The number of nitrogen functional groups attached to an aromatic ring is 2. The summed E-state index contributed by atoms with van der Waals surface area (Å²) in [5, 5.41) is 3.08. The number of aromatic nitrogens is 1. The van der Waals surface area contributed by atoms with E-state index in [-0.39, 0.29) is 23.2 Å². The van der Waals surface area contributed by atoms with Crippen LogP contribution in [-0.2, 0) is 9.84 Å². The summed E-state index contributed by atoms with van der Waals surface area (Å²) < 4.78 is 22.5. The minimum Gasteiger partial charge on any atom is -0.396 e. The number of nitrogens with two attached hydrogens (primary N) is 2. The van der Waals surface area contributed by atoms with Gasteiger partial charge in [0.05, 0.1) is 17.2 Å². The van der Waals surface area contributed by atoms with Crippen molar-refractivity contribution in [3.8, 4) is 0 Å². The van der Waals surface area contributed by atoms with Crippen molar-refractivity contribution < 1.29 is 8.42 Å². The summed E-state index contributed by atoms with van der Waals surface area (Å²) in [5.41, 5.74) is 11.6. The van der Waals surface area contributed by atoms with Crippen molar-refractivity contribution in [1.82, 2.24) is 4.98 Å². The molecule has 1 aliphatic heterocycles. The maximum absolute atomic E-state index is 11.3. The molecule has 1 aromatic rings. The fourth-order valence-corrected chi connectivity index (χ4v) is 3.73. The zero-order valence-corrected chi connectivity index (χ0v) is 10.2. The van der Waals surface area contributed by atoms with Gasteiger partial charge < -0.3 is 16.8 Å². The van der Waals surface area contributed by atoms with E-state index in [1.807, 2.05) is 0 Å². The van der Waals surface area contributed by atoms with Crippen LogP contribution in [0.5, 0.6) is 0 Å². The van der Waals surface area contributed by atoms with E-state index in [1.54, 1.807) is 12.1 Å². The molecule has 0 spiro atoms. The van der Waals surface area contributed by atoms with Crippen LogP contribution < -0.4 is 16.8 Å². The number of rotatable bonds is 3. The summed E-state index contributed by atoms with van der Waals surface area (Å²) in [7, 11) is -2.82. The highest BCUT2D eigenvalue weighted by Crippen LogP contribution is 2.20. The summed E-state index contributed by atoms with van der Waals surface area (Å²) >= 11 is 0. The van der Waals surface area contributed by atoms with Gasteiger partial charge in [0, 0.05) is 6.54 Å². The Morgan fingerprint density at radius 1 is 1.41 bits per heavy atom. The molecule has 2 heterocycles. The molecule has 1 aliphatic rings. The average Bonchev–Trinajstić information content (AvgIpc) is 2.60. The predicted molar refractivity (Wildman–Crippen MR) is 68.3 cm³/mol. The maximum Gasteiger partial charge on any atom is 0.150 e. The molecule has 1 aromatic heterocycles. The van der Waals surface area contributed by atoms with Crippen molar-refractivity contribution in [3.63, 3.8) is 0 Å². The third-order valence-electron chi connectivity index (χ3n) is 2.86. The Labute approximate surface area is 100 Å². The Balaban J connectivity index is 1.92. The van der Waals surface area contributed by atoms with Crippen LogP contribution in [-0.4, -0.2) is 31.5 Å². The van der Waals surface area contributed by atoms with Crippen molar-refractivity contribution >= 4 is 27.2 Å². The third-order valence-corrected chi connectivity index (χ3v) is 4.69. The van der Waals surface area contributed by atoms with E-state index in [9.17, 15) is 8.42 Å². The highest BCUT2D eigenvalue weighted by atomic mass is 32.2. The average molecular weight is 256 g/mol. The highest BCUT2D eigenvalue weighted by molar-refractivity contribution is 7.91. The van der Waals surface area contributed by atoms with Crippen LogP contribution in [0.3, 0.4) is 0 Å². The van der Waals surface area contributed by atoms with E-state index in [0.29, 0.717) is 24.5 Å². The summed E-state index contributed by atoms with van der Waals surface area (Å²) in [6.07, 6.45) is 0.708. The summed E-state index contributed by atoms with van der Waals surface area (Å²) in [5.74, 6) is 1.61. The van der Waals surface area contributed by atoms with Crippen LogP contribution >= 0.6 is 0 Å². The van der Waals surface area contributed by atoms with Crippen molar-refractivity contribution in [3.05, 3.63) is 12.1 Å². The van der Waals surface area contributed by atoms with Crippen molar-refractivity contribution in [1.29, 1.82) is 0 Å². The second-order valence-electron chi connectivity index (χ2n) is 4.32. The smallest absolute Gasteiger partial charge is 0.150 e. The van der Waals surface area contributed by atoms with E-state index in [1.165, 1.54) is 0 Å². The molecule has 0 aromatic carbocycles. The van der Waals surface area contributed by atoms with Gasteiger partial charge in [-0.2, -0.15) is 0 Å². The lowest BCUT2D eigenvalue weighted by molar-refractivity contribution is 0.595. The molecule has 0 saturated carbocycles. The van der Waals surface area contributed by atoms with E-state index >= 15 is 0 Å². The molecule has 0 aliphatic carbocycles. The van der Waals surface area contributed by atoms with Gasteiger partial charge in [0.25, 0.3) is 0 Å². The molecule has 6 nitrogen and oxygen atoms in total. The van der Waals surface area contributed by atoms with E-state index < -0.39 is 9.84 Å². The fraction of sp³-hybridized carbons (Fsp3) is 0.500. The first-order valence-corrected chi connectivity index (χ1v) is 7.25. The van der Waals surface area contributed by atoms with Gasteiger partial charge in [-0.05, 0) is 24.5 Å². The van der Waals surface area contributed by atoms with E-state index in [4.69, 9.17) is 11.5 Å². The number of nitrogens with one attached hydrogen (secondary N) is 1. The number of anilines is 3. The molecule has 17 heavy (non-hydrogen) atoms. The van der Waals surface area contributed by atoms with Gasteiger partial charge in [0.1, 0.15) is 11.6 Å². The Kier molecular flexibility index (Phi) is 3.10. The number of hydrogen-bond acceptors (Lipinski definition) is 6. The molecule has 7 heteroatoms. The molecule has 94 valence electrons. The van der Waals surface area contributed by atoms with Crippen molar-refractivity contribution in [2.75, 3.05) is 34.8 Å². The predicted octanol–water partition coefficient (Wildman–Crippen LogP) is 0.0926. The minimum atomic E-state index is -2.82. The molecule has 1 saturated heterocycles. The second kappa shape index (κ2) is 4.40. The molecular formula is C10H16N4O2S. The number of pyridine rings is 1. The van der Waals surface area contributed by atoms with Crippen LogP contribution in [0.2, 0.25) is 0 Å². The lowest BCUT2D eigenvalue weighted by Gasteiger charge is -2.10. The first-order chi connectivity index (χ1) is 7.96. The first kappa shape index (κ1) is 12.0. The molecule has 2 rings (SSSR count). The quantitative estimate of drug-likeness (QED) is 0.707. The topological polar surface area (TPSA) is 111 Å². The number of hydrogen-bond donors (Lipinski definition) is 3. The van der Waals surface area contributed by atoms with Crippen LogP contribution in [0.1, 0.15) is 6.42 Å². The molecule has 1 atom stereocenters. The molecule has 5 N–H and O–H groups in total. The van der Waals surface area contributed by atoms with Crippen LogP contribution in [0, 0.1) is 5.92 Å². The van der Waals surface area contributed by atoms with Crippen molar-refractivity contribution in [2.45, 2.75) is 6.42 Å². The van der Waals surface area contributed by atoms with Gasteiger partial charge in [-0.3, -0.25) is 0 Å². The number of sulfone groups is 1. The molecule has 0 bridgehead atoms. The Bertz CT molecular complexity index is 515. The molecule has 1 fully saturated rings. The van der Waals surface area contributed by atoms with Gasteiger partial charge in [-0.15, -0.1) is 0 Å². The Hall–Kier alpha value is -1.50. The summed E-state index contributed by atoms with van der Waals surface area (Å²) in [6.45, 7) is 0.593. The van der Waals surface area contributed by atoms with E-state index in [0.717, 1.165) is 0 Å². The molecule has 0 radical (unpaired) electrons. The summed E-state index contributed by atoms with van der Waals surface area (Å²) in [4.78, 5) is 4.06. The Morgan fingerprint density at radius 2 is 2.18 bits per heavy atom. The standard InChI is InChI=1S/C10H16N4O2S/c11-8-1-2-9(14-10(8)12)13-5-7-3-4-17(15,16)6-7/h1-2,7H,3-6,11H2,(H3,12,13,14). The minimum absolute atomic E-state index is 0.153. The van der Waals surface area contributed by atoms with Gasteiger partial charge in [0.15, 0.2) is 9.84 Å². The molecule has 1 unspecified atom stereocenters. The van der Waals surface area contributed by atoms with E-state index in [2.05, 4.69) is 10.3 Å². The van der Waals surface area contributed by atoms with Crippen LogP contribution in [0.25, 0.3) is 0 Å². The second-order valence-corrected chi connectivity index (χ2v) is 6.55. The highest BCUT2D eigenvalue weighted by Gasteiger charge is 2.27. The first-order valence-electron chi connectivity index (χ1n) is 5.42. The van der Waals surface area contributed by atoms with Gasteiger partial charge >= 0.3 is 0 Å². The van der Waals surface area contributed by atoms with Crippen LogP contribution in [0.4, 0.5) is 17.3 Å². The monoisotopic (exact) mass is 256 g/mol. The summed E-state index contributed by atoms with van der Waals surface area (Å²) in [6, 6.07) is 3.41. The fourth-order valence-electron chi connectivity index (χ4n) is 1.87. The molecular weight excluding hydrogens is 240 g/mol. The van der Waals surface area contributed by atoms with Crippen LogP contribution in [0.15, 0.2) is 12.1 Å². The van der Waals surface area contributed by atoms with Gasteiger partial charge in [-0.25, -0.2) is 13.4 Å². The lowest BCUT2D eigenvalue weighted by Crippen LogP contribution is -2.16. The zero-order valence-electron chi connectivity index (χ0n) is 9.39. The SMILES string of the molecule is Nc1ccc(NCC2CCS(=O)(=O)C2)nc1N. The van der Waals surface area contributed by atoms with Gasteiger partial charge in [-0.1, -0.05) is 0 Å². The maximum atomic E-state index is 11.3. The Morgan fingerprint density at radius 3 is 2.76 bits per heavy atom. The third kappa shape index (κ3) is 3.00. The van der Waals surface area contributed by atoms with Gasteiger partial charge in [0.2, 0.25) is 0 Å². The zero-order chi connectivity index (χ0) is 12.5. The number of nitrogens with zero attached hydrogens (tertiary/aromatic N) is 1. The lowest BCUT2D eigenvalue weighted by atomic mass is 10.1.